The molecule has 0 fully saturated rings. The first-order valence-electron chi connectivity index (χ1n) is 6.29. The first-order valence-corrected chi connectivity index (χ1v) is 6.29. The largest absolute Gasteiger partial charge is 0.484 e. The van der Waals surface area contributed by atoms with Gasteiger partial charge in [-0.25, -0.2) is 0 Å². The van der Waals surface area contributed by atoms with Crippen LogP contribution in [0.3, 0.4) is 0 Å². The first-order chi connectivity index (χ1) is 8.61. The highest BCUT2D eigenvalue weighted by Crippen LogP contribution is 2.33. The van der Waals surface area contributed by atoms with Crippen LogP contribution in [-0.2, 0) is 11.2 Å². The summed E-state index contributed by atoms with van der Waals surface area (Å²) in [5, 5.41) is 9.69. The summed E-state index contributed by atoms with van der Waals surface area (Å²) in [7, 11) is 1.75. The van der Waals surface area contributed by atoms with Gasteiger partial charge in [0.15, 0.2) is 6.61 Å². The van der Waals surface area contributed by atoms with Crippen LogP contribution in [0.15, 0.2) is 18.2 Å². The molecule has 0 aromatic heterocycles. The van der Waals surface area contributed by atoms with E-state index >= 15 is 0 Å². The number of amides is 1. The van der Waals surface area contributed by atoms with Gasteiger partial charge in [-0.15, -0.1) is 0 Å². The maximum absolute atomic E-state index is 11.6. The summed E-state index contributed by atoms with van der Waals surface area (Å²) in [6, 6.07) is 5.62. The predicted octanol–water partition coefficient (Wildman–Crippen LogP) is 1.52. The van der Waals surface area contributed by atoms with Crippen molar-refractivity contribution in [3.63, 3.8) is 0 Å². The molecule has 0 saturated heterocycles. The van der Waals surface area contributed by atoms with Crippen molar-refractivity contribution in [1.82, 2.24) is 4.90 Å². The Bertz CT molecular complexity index is 445. The Morgan fingerprint density at radius 3 is 3.06 bits per heavy atom. The van der Waals surface area contributed by atoms with E-state index in [0.29, 0.717) is 12.3 Å². The van der Waals surface area contributed by atoms with Crippen LogP contribution in [-0.4, -0.2) is 36.1 Å². The zero-order chi connectivity index (χ0) is 13.1. The van der Waals surface area contributed by atoms with Crippen molar-refractivity contribution in [1.29, 1.82) is 0 Å². The molecular weight excluding hydrogens is 230 g/mol. The Labute approximate surface area is 107 Å². The van der Waals surface area contributed by atoms with Gasteiger partial charge in [-0.3, -0.25) is 4.79 Å². The Morgan fingerprint density at radius 1 is 1.56 bits per heavy atom. The first kappa shape index (κ1) is 12.9. The number of carbonyl (C=O) groups excluding carboxylic acids is 1. The second-order valence-electron chi connectivity index (χ2n) is 4.61. The lowest BCUT2D eigenvalue weighted by atomic mass is 10.1. The minimum atomic E-state index is -0.345. The van der Waals surface area contributed by atoms with Gasteiger partial charge in [0.25, 0.3) is 5.91 Å². The van der Waals surface area contributed by atoms with Gasteiger partial charge >= 0.3 is 0 Å². The monoisotopic (exact) mass is 249 g/mol. The number of aliphatic hydroxyl groups excluding tert-OH is 1. The molecule has 0 heterocycles. The molecule has 4 nitrogen and oxygen atoms in total. The highest BCUT2D eigenvalue weighted by atomic mass is 16.5. The second-order valence-corrected chi connectivity index (χ2v) is 4.61. The summed E-state index contributed by atoms with van der Waals surface area (Å²) in [5.41, 5.74) is 2.11. The molecule has 0 aliphatic heterocycles. The Morgan fingerprint density at radius 2 is 2.33 bits per heavy atom. The van der Waals surface area contributed by atoms with E-state index in [4.69, 9.17) is 4.74 Å². The molecule has 1 aliphatic carbocycles. The van der Waals surface area contributed by atoms with E-state index in [2.05, 4.69) is 0 Å². The molecule has 1 amide bonds. The van der Waals surface area contributed by atoms with Crippen LogP contribution in [0.2, 0.25) is 0 Å². The maximum atomic E-state index is 11.6. The number of aryl methyl sites for hydroxylation is 1. The molecule has 1 aliphatic rings. The molecule has 2 rings (SSSR count). The van der Waals surface area contributed by atoms with Crippen molar-refractivity contribution in [2.45, 2.75) is 25.9 Å². The molecule has 0 bridgehead atoms. The molecule has 1 aromatic carbocycles. The van der Waals surface area contributed by atoms with Gasteiger partial charge in [0.2, 0.25) is 0 Å². The Kier molecular flexibility index (Phi) is 3.87. The van der Waals surface area contributed by atoms with Crippen LogP contribution in [0, 0.1) is 0 Å². The lowest BCUT2D eigenvalue weighted by molar-refractivity contribution is -0.131. The molecule has 1 aromatic rings. The summed E-state index contributed by atoms with van der Waals surface area (Å²) in [4.78, 5) is 13.2. The summed E-state index contributed by atoms with van der Waals surface area (Å²) < 4.78 is 5.48. The number of hydrogen-bond acceptors (Lipinski definition) is 3. The van der Waals surface area contributed by atoms with E-state index in [9.17, 15) is 9.90 Å². The molecule has 98 valence electrons. The SMILES string of the molecule is CCN(C)C(=O)COc1ccc2c(c1)CC[C@@H]2O. The fraction of sp³-hybridized carbons (Fsp3) is 0.500. The molecule has 0 saturated carbocycles. The fourth-order valence-corrected chi connectivity index (χ4v) is 2.09. The van der Waals surface area contributed by atoms with Crippen molar-refractivity contribution >= 4 is 5.91 Å². The van der Waals surface area contributed by atoms with Crippen LogP contribution < -0.4 is 4.74 Å². The number of aliphatic hydroxyl groups is 1. The summed E-state index contributed by atoms with van der Waals surface area (Å²) in [5.74, 6) is 0.665. The quantitative estimate of drug-likeness (QED) is 0.880. The number of fused-ring (bicyclic) bond motifs is 1. The van der Waals surface area contributed by atoms with E-state index in [1.807, 2.05) is 25.1 Å². The molecule has 1 N–H and O–H groups in total. The molecule has 4 heteroatoms. The number of benzene rings is 1. The van der Waals surface area contributed by atoms with E-state index in [1.165, 1.54) is 0 Å². The van der Waals surface area contributed by atoms with Crippen LogP contribution >= 0.6 is 0 Å². The molecule has 0 unspecified atom stereocenters. The maximum Gasteiger partial charge on any atom is 0.260 e. The van der Waals surface area contributed by atoms with Crippen molar-refractivity contribution < 1.29 is 14.6 Å². The number of hydrogen-bond donors (Lipinski definition) is 1. The van der Waals surface area contributed by atoms with Crippen molar-refractivity contribution in [3.8, 4) is 5.75 Å². The zero-order valence-corrected chi connectivity index (χ0v) is 10.8. The third-order valence-corrected chi connectivity index (χ3v) is 3.42. The average molecular weight is 249 g/mol. The van der Waals surface area contributed by atoms with Gasteiger partial charge in [0, 0.05) is 13.6 Å². The standard InChI is InChI=1S/C14H19NO3/c1-3-15(2)14(17)9-18-11-5-6-12-10(8-11)4-7-13(12)16/h5-6,8,13,16H,3-4,7,9H2,1-2H3/t13-/m0/s1. The van der Waals surface area contributed by atoms with E-state index < -0.39 is 0 Å². The van der Waals surface area contributed by atoms with Gasteiger partial charge in [0.1, 0.15) is 5.75 Å². The van der Waals surface area contributed by atoms with Crippen LogP contribution in [0.4, 0.5) is 0 Å². The van der Waals surface area contributed by atoms with Gasteiger partial charge in [-0.2, -0.15) is 0 Å². The third-order valence-electron chi connectivity index (χ3n) is 3.42. The van der Waals surface area contributed by atoms with Crippen molar-refractivity contribution in [3.05, 3.63) is 29.3 Å². The van der Waals surface area contributed by atoms with Crippen molar-refractivity contribution in [2.75, 3.05) is 20.2 Å². The highest BCUT2D eigenvalue weighted by molar-refractivity contribution is 5.77. The fourth-order valence-electron chi connectivity index (χ4n) is 2.09. The predicted molar refractivity (Wildman–Crippen MR) is 68.5 cm³/mol. The third kappa shape index (κ3) is 2.64. The van der Waals surface area contributed by atoms with Gasteiger partial charge in [-0.05, 0) is 43.0 Å². The molecule has 0 spiro atoms. The van der Waals surface area contributed by atoms with Gasteiger partial charge in [0.05, 0.1) is 6.10 Å². The minimum absolute atomic E-state index is 0.0296. The van der Waals surface area contributed by atoms with Gasteiger partial charge < -0.3 is 14.7 Å². The van der Waals surface area contributed by atoms with E-state index in [-0.39, 0.29) is 18.6 Å². The number of nitrogens with zero attached hydrogens (tertiary/aromatic N) is 1. The Balaban J connectivity index is 1.97. The topological polar surface area (TPSA) is 49.8 Å². The molecule has 1 atom stereocenters. The zero-order valence-electron chi connectivity index (χ0n) is 10.8. The normalized spacial score (nSPS) is 17.4. The summed E-state index contributed by atoms with van der Waals surface area (Å²) in [6.07, 6.45) is 1.30. The number of ether oxygens (including phenoxy) is 1. The smallest absolute Gasteiger partial charge is 0.260 e. The number of carbonyl (C=O) groups is 1. The lowest BCUT2D eigenvalue weighted by Gasteiger charge is -2.15. The van der Waals surface area contributed by atoms with Gasteiger partial charge in [-0.1, -0.05) is 6.07 Å². The minimum Gasteiger partial charge on any atom is -0.484 e. The van der Waals surface area contributed by atoms with Crippen molar-refractivity contribution in [2.24, 2.45) is 0 Å². The summed E-state index contributed by atoms with van der Waals surface area (Å²) in [6.45, 7) is 2.67. The van der Waals surface area contributed by atoms with E-state index in [0.717, 1.165) is 24.0 Å². The Hall–Kier alpha value is -1.55. The van der Waals surface area contributed by atoms with Crippen LogP contribution in [0.25, 0.3) is 0 Å². The van der Waals surface area contributed by atoms with E-state index in [1.54, 1.807) is 11.9 Å². The number of rotatable bonds is 4. The second kappa shape index (κ2) is 5.40. The molecular formula is C14H19NO3. The number of likely N-dealkylation sites (N-methyl/N-ethyl adjacent to an activating group) is 1. The lowest BCUT2D eigenvalue weighted by Crippen LogP contribution is -2.31. The van der Waals surface area contributed by atoms with Crippen LogP contribution in [0.1, 0.15) is 30.6 Å². The average Bonchev–Trinajstić information content (AvgIpc) is 2.76. The summed E-state index contributed by atoms with van der Waals surface area (Å²) >= 11 is 0. The van der Waals surface area contributed by atoms with Crippen LogP contribution in [0.5, 0.6) is 5.75 Å². The highest BCUT2D eigenvalue weighted by Gasteiger charge is 2.20. The molecule has 0 radical (unpaired) electrons. The molecule has 18 heavy (non-hydrogen) atoms.